The Morgan fingerprint density at radius 3 is 2.77 bits per heavy atom. The van der Waals surface area contributed by atoms with Crippen molar-refractivity contribution in [2.24, 2.45) is 0 Å². The average molecular weight is 421 g/mol. The highest BCUT2D eigenvalue weighted by Gasteiger charge is 2.33. The number of nitrogens with zero attached hydrogens (tertiary/aromatic N) is 3. The van der Waals surface area contributed by atoms with Gasteiger partial charge in [0.25, 0.3) is 0 Å². The first-order valence-electron chi connectivity index (χ1n) is 9.72. The van der Waals surface area contributed by atoms with Crippen LogP contribution in [0.1, 0.15) is 44.2 Å². The zero-order chi connectivity index (χ0) is 21.7. The van der Waals surface area contributed by atoms with Crippen LogP contribution in [0, 0.1) is 0 Å². The molecule has 0 radical (unpaired) electrons. The second-order valence-corrected chi connectivity index (χ2v) is 6.83. The van der Waals surface area contributed by atoms with Gasteiger partial charge in [0.05, 0.1) is 23.2 Å². The minimum atomic E-state index is -4.54. The molecule has 0 spiro atoms. The van der Waals surface area contributed by atoms with Gasteiger partial charge in [-0.15, -0.1) is 0 Å². The van der Waals surface area contributed by atoms with Gasteiger partial charge in [-0.25, -0.2) is 4.39 Å². The molecule has 0 amide bonds. The van der Waals surface area contributed by atoms with E-state index >= 15 is 0 Å². The summed E-state index contributed by atoms with van der Waals surface area (Å²) in [4.78, 5) is 4.02. The van der Waals surface area contributed by atoms with E-state index in [1.165, 1.54) is 6.08 Å². The van der Waals surface area contributed by atoms with Crippen LogP contribution in [-0.2, 0) is 6.54 Å². The predicted octanol–water partition coefficient (Wildman–Crippen LogP) is 6.00. The number of hydrogen-bond donors (Lipinski definition) is 0. The minimum absolute atomic E-state index is 0.124. The Morgan fingerprint density at radius 2 is 2.17 bits per heavy atom. The molecule has 1 atom stereocenters. The van der Waals surface area contributed by atoms with Crippen LogP contribution in [0.2, 0.25) is 0 Å². The van der Waals surface area contributed by atoms with Gasteiger partial charge in [0.1, 0.15) is 18.5 Å². The average Bonchev–Trinajstić information content (AvgIpc) is 3.29. The summed E-state index contributed by atoms with van der Waals surface area (Å²) in [6, 6.07) is 5.22. The Hall–Kier alpha value is -2.90. The molecule has 2 aromatic heterocycles. The number of aryl methyl sites for hydroxylation is 1. The maximum absolute atomic E-state index is 13.6. The summed E-state index contributed by atoms with van der Waals surface area (Å²) < 4.78 is 61.6. The van der Waals surface area contributed by atoms with Crippen molar-refractivity contribution in [2.75, 3.05) is 6.67 Å². The van der Waals surface area contributed by atoms with Crippen LogP contribution in [0.3, 0.4) is 0 Å². The lowest BCUT2D eigenvalue weighted by molar-refractivity contribution is -0.0883. The highest BCUT2D eigenvalue weighted by molar-refractivity contribution is 5.79. The molecule has 1 aliphatic heterocycles. The Bertz CT molecular complexity index is 959. The van der Waals surface area contributed by atoms with Gasteiger partial charge in [0.2, 0.25) is 0 Å². The summed E-state index contributed by atoms with van der Waals surface area (Å²) in [6.07, 6.45) is 2.82. The number of allylic oxidation sites excluding steroid dienone is 6. The highest BCUT2D eigenvalue weighted by atomic mass is 19.4. The van der Waals surface area contributed by atoms with Crippen LogP contribution >= 0.6 is 0 Å². The van der Waals surface area contributed by atoms with Crippen LogP contribution in [0.15, 0.2) is 60.0 Å². The first-order valence-corrected chi connectivity index (χ1v) is 9.72. The van der Waals surface area contributed by atoms with Gasteiger partial charge in [-0.05, 0) is 43.2 Å². The van der Waals surface area contributed by atoms with Crippen LogP contribution in [0.25, 0.3) is 5.57 Å². The van der Waals surface area contributed by atoms with Crippen LogP contribution in [0.4, 0.5) is 17.6 Å². The molecular formula is C22H23F4N3O. The molecular weight excluding hydrogens is 398 g/mol. The molecule has 0 aliphatic carbocycles. The fourth-order valence-corrected chi connectivity index (χ4v) is 3.36. The molecule has 0 aromatic carbocycles. The fraction of sp³-hybridized carbons (Fsp3) is 0.364. The molecule has 8 heteroatoms. The lowest BCUT2D eigenvalue weighted by Crippen LogP contribution is -2.11. The molecule has 0 N–H and O–H groups in total. The van der Waals surface area contributed by atoms with Gasteiger partial charge in [0, 0.05) is 24.7 Å². The number of rotatable bonds is 7. The third-order valence-electron chi connectivity index (χ3n) is 4.82. The SMILES string of the molecule is C\C=C(CF)/C(=C\C(=C\CC)C(F)(F)F)c1cc2n(n1)CCC2Oc1cccnc1. The quantitative estimate of drug-likeness (QED) is 0.407. The van der Waals surface area contributed by atoms with E-state index in [1.54, 1.807) is 49.1 Å². The fourth-order valence-electron chi connectivity index (χ4n) is 3.36. The van der Waals surface area contributed by atoms with E-state index in [1.807, 2.05) is 0 Å². The van der Waals surface area contributed by atoms with Gasteiger partial charge >= 0.3 is 6.18 Å². The number of alkyl halides is 4. The van der Waals surface area contributed by atoms with Crippen molar-refractivity contribution >= 4 is 5.57 Å². The molecule has 0 bridgehead atoms. The Balaban J connectivity index is 1.99. The van der Waals surface area contributed by atoms with Gasteiger partial charge in [-0.1, -0.05) is 19.1 Å². The Kier molecular flexibility index (Phi) is 6.74. The van der Waals surface area contributed by atoms with Crippen molar-refractivity contribution in [1.29, 1.82) is 0 Å². The molecule has 1 unspecified atom stereocenters. The van der Waals surface area contributed by atoms with Gasteiger partial charge in [-0.3, -0.25) is 9.67 Å². The molecule has 1 aliphatic rings. The van der Waals surface area contributed by atoms with Crippen molar-refractivity contribution in [1.82, 2.24) is 14.8 Å². The zero-order valence-electron chi connectivity index (χ0n) is 16.8. The van der Waals surface area contributed by atoms with E-state index in [4.69, 9.17) is 4.74 Å². The molecule has 3 heterocycles. The second kappa shape index (κ2) is 9.28. The molecule has 30 heavy (non-hydrogen) atoms. The summed E-state index contributed by atoms with van der Waals surface area (Å²) in [5, 5.41) is 4.45. The number of pyridine rings is 1. The highest BCUT2D eigenvalue weighted by Crippen LogP contribution is 2.36. The first-order chi connectivity index (χ1) is 14.4. The lowest BCUT2D eigenvalue weighted by Gasteiger charge is -2.13. The van der Waals surface area contributed by atoms with Crippen molar-refractivity contribution in [3.8, 4) is 5.75 Å². The van der Waals surface area contributed by atoms with Gasteiger partial charge < -0.3 is 4.74 Å². The van der Waals surface area contributed by atoms with Crippen molar-refractivity contribution < 1.29 is 22.3 Å². The summed E-state index contributed by atoms with van der Waals surface area (Å²) in [5.74, 6) is 0.595. The number of aromatic nitrogens is 3. The van der Waals surface area contributed by atoms with E-state index in [-0.39, 0.29) is 23.7 Å². The largest absolute Gasteiger partial charge is 0.482 e. The van der Waals surface area contributed by atoms with Crippen molar-refractivity contribution in [3.63, 3.8) is 0 Å². The maximum Gasteiger partial charge on any atom is 0.416 e. The smallest absolute Gasteiger partial charge is 0.416 e. The van der Waals surface area contributed by atoms with E-state index in [2.05, 4.69) is 10.1 Å². The van der Waals surface area contributed by atoms with Crippen LogP contribution in [0.5, 0.6) is 5.75 Å². The lowest BCUT2D eigenvalue weighted by atomic mass is 9.99. The molecule has 2 aromatic rings. The van der Waals surface area contributed by atoms with E-state index in [0.29, 0.717) is 24.4 Å². The molecule has 160 valence electrons. The van der Waals surface area contributed by atoms with E-state index in [0.717, 1.165) is 17.8 Å². The Labute approximate surface area is 172 Å². The first kappa shape index (κ1) is 21.8. The monoisotopic (exact) mass is 421 g/mol. The zero-order valence-corrected chi connectivity index (χ0v) is 16.8. The van der Waals surface area contributed by atoms with Gasteiger partial charge in [-0.2, -0.15) is 18.3 Å². The second-order valence-electron chi connectivity index (χ2n) is 6.83. The minimum Gasteiger partial charge on any atom is -0.482 e. The van der Waals surface area contributed by atoms with Crippen molar-refractivity contribution in [2.45, 2.75) is 45.5 Å². The van der Waals surface area contributed by atoms with E-state index in [9.17, 15) is 17.6 Å². The number of fused-ring (bicyclic) bond motifs is 1. The molecule has 3 rings (SSSR count). The van der Waals surface area contributed by atoms with Crippen molar-refractivity contribution in [3.05, 3.63) is 71.4 Å². The molecule has 0 saturated carbocycles. The van der Waals surface area contributed by atoms with Gasteiger partial charge in [0.15, 0.2) is 0 Å². The molecule has 0 saturated heterocycles. The summed E-state index contributed by atoms with van der Waals surface area (Å²) in [6.45, 7) is 2.89. The third-order valence-corrected chi connectivity index (χ3v) is 4.82. The Morgan fingerprint density at radius 1 is 1.37 bits per heavy atom. The van der Waals surface area contributed by atoms with E-state index < -0.39 is 18.4 Å². The summed E-state index contributed by atoms with van der Waals surface area (Å²) >= 11 is 0. The topological polar surface area (TPSA) is 39.9 Å². The number of hydrogen-bond acceptors (Lipinski definition) is 3. The van der Waals surface area contributed by atoms with Crippen LogP contribution in [-0.4, -0.2) is 27.6 Å². The summed E-state index contributed by atoms with van der Waals surface area (Å²) in [5.41, 5.74) is 0.495. The molecule has 4 nitrogen and oxygen atoms in total. The summed E-state index contributed by atoms with van der Waals surface area (Å²) in [7, 11) is 0. The maximum atomic E-state index is 13.6. The third kappa shape index (κ3) is 4.80. The normalized spacial score (nSPS) is 17.9. The standard InChI is InChI=1S/C22H23F4N3O/c1-3-6-16(22(24,25)26)11-18(15(4-2)13-23)19-12-20-21(8-10-29(20)28-19)30-17-7-5-9-27-14-17/h4-7,9,11-12,14,21H,3,8,10,13H2,1-2H3/b15-4-,16-6-,18-11+. The number of halogens is 4. The molecule has 0 fully saturated rings. The number of ether oxygens (including phenoxy) is 1. The van der Waals surface area contributed by atoms with Crippen LogP contribution < -0.4 is 4.74 Å². The predicted molar refractivity (Wildman–Crippen MR) is 107 cm³/mol.